The number of amides is 4. The van der Waals surface area contributed by atoms with Gasteiger partial charge >= 0.3 is 6.03 Å². The van der Waals surface area contributed by atoms with Gasteiger partial charge in [-0.1, -0.05) is 11.6 Å². The maximum atomic E-state index is 14.0. The number of benzene rings is 1. The molecule has 2 aromatic heterocycles. The molecule has 5 rings (SSSR count). The molecule has 4 heterocycles. The Morgan fingerprint density at radius 1 is 1.26 bits per heavy atom. The summed E-state index contributed by atoms with van der Waals surface area (Å²) in [5.74, 6) is -1.18. The van der Waals surface area contributed by atoms with Crippen molar-refractivity contribution in [1.29, 1.82) is 0 Å². The van der Waals surface area contributed by atoms with Crippen LogP contribution >= 0.6 is 34.7 Å². The van der Waals surface area contributed by atoms with E-state index in [4.69, 9.17) is 16.3 Å². The van der Waals surface area contributed by atoms with Gasteiger partial charge in [0.15, 0.2) is 11.6 Å². The van der Waals surface area contributed by atoms with Crippen LogP contribution in [0.3, 0.4) is 0 Å². The van der Waals surface area contributed by atoms with Crippen LogP contribution in [0.1, 0.15) is 15.2 Å². The van der Waals surface area contributed by atoms with E-state index in [2.05, 4.69) is 10.3 Å². The topological polar surface area (TPSA) is 91.8 Å². The third-order valence-electron chi connectivity index (χ3n) is 5.64. The summed E-state index contributed by atoms with van der Waals surface area (Å²) in [7, 11) is 4.65. The van der Waals surface area contributed by atoms with E-state index < -0.39 is 29.0 Å². The number of halogens is 2. The molecule has 35 heavy (non-hydrogen) atoms. The molecule has 0 aliphatic carbocycles. The molecule has 2 aliphatic rings. The smallest absolute Gasteiger partial charge is 0.329 e. The number of thiophene rings is 1. The highest BCUT2D eigenvalue weighted by atomic mass is 35.5. The van der Waals surface area contributed by atoms with Crippen molar-refractivity contribution in [2.75, 3.05) is 26.1 Å². The number of fused-ring (bicyclic) bond motifs is 2. The van der Waals surface area contributed by atoms with Gasteiger partial charge in [0, 0.05) is 36.1 Å². The zero-order valence-electron chi connectivity index (χ0n) is 18.7. The van der Waals surface area contributed by atoms with Gasteiger partial charge in [-0.15, -0.1) is 23.1 Å². The SMILES string of the molecule is COc1cc(C2=CC3NC(=O)N(c4cncc5cc(C(=O)N(C)C)sc45)C(=O)C3S2)c(Cl)cc1F. The predicted molar refractivity (Wildman–Crippen MR) is 135 cm³/mol. The average molecular weight is 533 g/mol. The number of nitrogens with one attached hydrogen (secondary N) is 1. The molecule has 2 atom stereocenters. The van der Waals surface area contributed by atoms with Gasteiger partial charge in [-0.25, -0.2) is 14.1 Å². The Morgan fingerprint density at radius 2 is 2.03 bits per heavy atom. The number of methoxy groups -OCH3 is 1. The quantitative estimate of drug-likeness (QED) is 0.536. The van der Waals surface area contributed by atoms with Crippen molar-refractivity contribution < 1.29 is 23.5 Å². The van der Waals surface area contributed by atoms with E-state index in [0.29, 0.717) is 31.1 Å². The highest BCUT2D eigenvalue weighted by Crippen LogP contribution is 2.46. The van der Waals surface area contributed by atoms with Gasteiger partial charge < -0.3 is 15.0 Å². The van der Waals surface area contributed by atoms with Crippen molar-refractivity contribution in [1.82, 2.24) is 15.2 Å². The third-order valence-corrected chi connectivity index (χ3v) is 8.47. The number of rotatable bonds is 4. The van der Waals surface area contributed by atoms with Gasteiger partial charge in [0.2, 0.25) is 0 Å². The molecule has 0 radical (unpaired) electrons. The van der Waals surface area contributed by atoms with Crippen LogP contribution in [0.4, 0.5) is 14.9 Å². The summed E-state index contributed by atoms with van der Waals surface area (Å²) < 4.78 is 19.7. The largest absolute Gasteiger partial charge is 0.494 e. The van der Waals surface area contributed by atoms with Gasteiger partial charge in [-0.2, -0.15) is 0 Å². The summed E-state index contributed by atoms with van der Waals surface area (Å²) in [6.07, 6.45) is 4.76. The number of urea groups is 1. The fourth-order valence-corrected chi connectivity index (χ4v) is 6.70. The molecule has 180 valence electrons. The number of imide groups is 1. The van der Waals surface area contributed by atoms with Gasteiger partial charge in [0.1, 0.15) is 5.25 Å². The van der Waals surface area contributed by atoms with Crippen LogP contribution in [-0.2, 0) is 4.79 Å². The zero-order valence-corrected chi connectivity index (χ0v) is 21.1. The number of thioether (sulfide) groups is 1. The fourth-order valence-electron chi connectivity index (χ4n) is 3.94. The van der Waals surface area contributed by atoms with E-state index in [1.165, 1.54) is 47.4 Å². The van der Waals surface area contributed by atoms with E-state index in [1.807, 2.05) is 0 Å². The molecule has 1 saturated heterocycles. The molecule has 8 nitrogen and oxygen atoms in total. The molecule has 2 aliphatic heterocycles. The molecule has 1 fully saturated rings. The van der Waals surface area contributed by atoms with E-state index in [9.17, 15) is 18.8 Å². The van der Waals surface area contributed by atoms with Crippen molar-refractivity contribution >= 4 is 73.2 Å². The van der Waals surface area contributed by atoms with Crippen LogP contribution in [0, 0.1) is 5.82 Å². The van der Waals surface area contributed by atoms with E-state index >= 15 is 0 Å². The first-order chi connectivity index (χ1) is 16.7. The third kappa shape index (κ3) is 3.93. The van der Waals surface area contributed by atoms with Crippen molar-refractivity contribution in [3.05, 3.63) is 57.9 Å². The van der Waals surface area contributed by atoms with Crippen LogP contribution in [0.2, 0.25) is 5.02 Å². The van der Waals surface area contributed by atoms with E-state index in [1.54, 1.807) is 32.4 Å². The highest BCUT2D eigenvalue weighted by molar-refractivity contribution is 8.09. The average Bonchev–Trinajstić information content (AvgIpc) is 3.43. The first-order valence-electron chi connectivity index (χ1n) is 10.3. The van der Waals surface area contributed by atoms with Crippen LogP contribution < -0.4 is 15.0 Å². The van der Waals surface area contributed by atoms with Crippen molar-refractivity contribution in [3.8, 4) is 5.75 Å². The lowest BCUT2D eigenvalue weighted by Crippen LogP contribution is -2.60. The Hall–Kier alpha value is -3.15. The minimum Gasteiger partial charge on any atom is -0.494 e. The number of hydrogen-bond acceptors (Lipinski definition) is 7. The lowest BCUT2D eigenvalue weighted by atomic mass is 10.1. The molecule has 3 aromatic rings. The monoisotopic (exact) mass is 532 g/mol. The Labute approximate surface area is 212 Å². The van der Waals surface area contributed by atoms with Gasteiger partial charge in [0.25, 0.3) is 11.8 Å². The number of ether oxygens (including phenoxy) is 1. The van der Waals surface area contributed by atoms with Crippen molar-refractivity contribution in [2.24, 2.45) is 0 Å². The second kappa shape index (κ2) is 8.81. The van der Waals surface area contributed by atoms with Gasteiger partial charge in [-0.05, 0) is 24.3 Å². The first kappa shape index (κ1) is 23.6. The Kier molecular flexibility index (Phi) is 5.94. The van der Waals surface area contributed by atoms with Crippen LogP contribution in [0.15, 0.2) is 36.7 Å². The molecular formula is C23H18ClFN4O4S2. The maximum Gasteiger partial charge on any atom is 0.329 e. The van der Waals surface area contributed by atoms with E-state index in [-0.39, 0.29) is 16.7 Å². The van der Waals surface area contributed by atoms with Gasteiger partial charge in [-0.3, -0.25) is 14.6 Å². The summed E-state index contributed by atoms with van der Waals surface area (Å²) in [6.45, 7) is 0. The van der Waals surface area contributed by atoms with Crippen LogP contribution in [-0.4, -0.2) is 60.2 Å². The van der Waals surface area contributed by atoms with Crippen LogP contribution in [0.25, 0.3) is 15.0 Å². The molecule has 0 spiro atoms. The number of pyridine rings is 1. The summed E-state index contributed by atoms with van der Waals surface area (Å²) in [6, 6.07) is 3.15. The second-order valence-corrected chi connectivity index (χ2v) is 10.7. The molecular weight excluding hydrogens is 515 g/mol. The minimum atomic E-state index is -0.659. The maximum absolute atomic E-state index is 14.0. The predicted octanol–water partition coefficient (Wildman–Crippen LogP) is 4.38. The second-order valence-electron chi connectivity index (χ2n) is 8.07. The Bertz CT molecular complexity index is 1440. The normalized spacial score (nSPS) is 19.5. The minimum absolute atomic E-state index is 0.0243. The lowest BCUT2D eigenvalue weighted by Gasteiger charge is -2.33. The standard InChI is InChI=1S/C23H18ClFN4O4S2/c1-28(2)21(30)18-4-10-8-26-9-15(19(10)35-18)29-22(31)20-14(27-23(29)32)7-17(34-20)11-5-16(33-3)13(25)6-12(11)24/h4-9,14,20H,1-3H3,(H,27,32). The number of carbonyl (C=O) groups is 3. The Balaban J connectivity index is 1.49. The Morgan fingerprint density at radius 3 is 2.74 bits per heavy atom. The summed E-state index contributed by atoms with van der Waals surface area (Å²) in [5.41, 5.74) is 0.813. The van der Waals surface area contributed by atoms with Gasteiger partial charge in [0.05, 0.1) is 39.6 Å². The molecule has 2 unspecified atom stereocenters. The number of anilines is 1. The number of nitrogens with zero attached hydrogens (tertiary/aromatic N) is 3. The van der Waals surface area contributed by atoms with Crippen molar-refractivity contribution in [2.45, 2.75) is 11.3 Å². The molecule has 1 N–H and O–H groups in total. The van der Waals surface area contributed by atoms with Crippen LogP contribution in [0.5, 0.6) is 5.75 Å². The first-order valence-corrected chi connectivity index (χ1v) is 12.4. The molecule has 0 saturated carbocycles. The molecule has 4 amide bonds. The lowest BCUT2D eigenvalue weighted by molar-refractivity contribution is -0.118. The summed E-state index contributed by atoms with van der Waals surface area (Å²) in [5, 5.41) is 3.02. The van der Waals surface area contributed by atoms with Crippen molar-refractivity contribution in [3.63, 3.8) is 0 Å². The highest BCUT2D eigenvalue weighted by Gasteiger charge is 2.46. The molecule has 0 bridgehead atoms. The molecule has 12 heteroatoms. The number of aromatic nitrogens is 1. The summed E-state index contributed by atoms with van der Waals surface area (Å²) in [4.78, 5) is 46.9. The fraction of sp³-hybridized carbons (Fsp3) is 0.217. The summed E-state index contributed by atoms with van der Waals surface area (Å²) >= 11 is 8.70. The number of hydrogen-bond donors (Lipinski definition) is 1. The zero-order chi connectivity index (χ0) is 25.0. The number of carbonyl (C=O) groups excluding carboxylic acids is 3. The molecule has 1 aromatic carbocycles. The van der Waals surface area contributed by atoms with E-state index in [0.717, 1.165) is 11.0 Å².